The summed E-state index contributed by atoms with van der Waals surface area (Å²) >= 11 is 1.93. The molecule has 0 amide bonds. The SMILES string of the molecule is CC(C)(C)c1ccc(N2B3c4sc5ccccc5c4N(c4ccc(C(C)(C)C)cc4-c4ccccc4)c4cc(-c5ccccc5)cc(c43)-c3c2ccc2oc4ccccc4c32)cc1. The maximum absolute atomic E-state index is 6.70. The Balaban J connectivity index is 1.26. The average molecular weight is 831 g/mol. The van der Waals surface area contributed by atoms with Crippen molar-refractivity contribution in [2.24, 2.45) is 0 Å². The topological polar surface area (TPSA) is 19.6 Å². The molecule has 0 saturated carbocycles. The molecule has 0 fully saturated rings. The van der Waals surface area contributed by atoms with E-state index in [0.717, 1.165) is 21.9 Å². The molecule has 2 aliphatic rings. The lowest BCUT2D eigenvalue weighted by Gasteiger charge is -2.45. The average Bonchev–Trinajstić information content (AvgIpc) is 3.88. The first-order chi connectivity index (χ1) is 30.5. The predicted octanol–water partition coefficient (Wildman–Crippen LogP) is 15.4. The van der Waals surface area contributed by atoms with Crippen molar-refractivity contribution in [1.82, 2.24) is 0 Å². The number of hydrogen-bond donors (Lipinski definition) is 0. The fraction of sp³-hybridized carbons (Fsp3) is 0.138. The third-order valence-corrected chi connectivity index (χ3v) is 14.6. The first-order valence-corrected chi connectivity index (χ1v) is 22.9. The molecule has 5 heteroatoms. The number of furan rings is 1. The number of anilines is 5. The molecule has 12 rings (SSSR count). The van der Waals surface area contributed by atoms with E-state index in [1.54, 1.807) is 0 Å². The number of rotatable bonds is 4. The van der Waals surface area contributed by atoms with Crippen LogP contribution in [-0.4, -0.2) is 6.85 Å². The van der Waals surface area contributed by atoms with E-state index in [-0.39, 0.29) is 17.7 Å². The Labute approximate surface area is 374 Å². The van der Waals surface area contributed by atoms with Gasteiger partial charge in [0.2, 0.25) is 0 Å². The van der Waals surface area contributed by atoms with Gasteiger partial charge in [0.15, 0.2) is 0 Å². The van der Waals surface area contributed by atoms with Crippen LogP contribution in [0, 0.1) is 0 Å². The first kappa shape index (κ1) is 37.9. The molecule has 0 unspecified atom stereocenters. The summed E-state index contributed by atoms with van der Waals surface area (Å²) in [7, 11) is 0. The molecule has 2 aliphatic heterocycles. The number of nitrogens with zero attached hydrogens (tertiary/aromatic N) is 2. The fourth-order valence-electron chi connectivity index (χ4n) is 10.2. The minimum Gasteiger partial charge on any atom is -0.456 e. The summed E-state index contributed by atoms with van der Waals surface area (Å²) in [5, 5.41) is 3.54. The number of para-hydroxylation sites is 1. The first-order valence-electron chi connectivity index (χ1n) is 22.1. The lowest BCUT2D eigenvalue weighted by Crippen LogP contribution is -2.60. The van der Waals surface area contributed by atoms with E-state index in [1.165, 1.54) is 93.3 Å². The monoisotopic (exact) mass is 830 g/mol. The lowest BCUT2D eigenvalue weighted by atomic mass is 9.46. The van der Waals surface area contributed by atoms with Crippen LogP contribution in [0.15, 0.2) is 180 Å². The third kappa shape index (κ3) is 5.86. The highest BCUT2D eigenvalue weighted by Gasteiger charge is 2.48. The summed E-state index contributed by atoms with van der Waals surface area (Å²) in [4.78, 5) is 5.27. The van der Waals surface area contributed by atoms with Gasteiger partial charge < -0.3 is 14.1 Å². The number of hydrogen-bond acceptors (Lipinski definition) is 4. The molecule has 0 spiro atoms. The van der Waals surface area contributed by atoms with Crippen molar-refractivity contribution < 1.29 is 4.42 Å². The van der Waals surface area contributed by atoms with Gasteiger partial charge in [-0.25, -0.2) is 0 Å². The van der Waals surface area contributed by atoms with Crippen molar-refractivity contribution in [2.45, 2.75) is 52.4 Å². The van der Waals surface area contributed by atoms with Crippen LogP contribution in [0.25, 0.3) is 65.4 Å². The normalized spacial score (nSPS) is 13.5. The van der Waals surface area contributed by atoms with E-state index < -0.39 is 0 Å². The van der Waals surface area contributed by atoms with Gasteiger partial charge in [0, 0.05) is 53.8 Å². The molecule has 0 radical (unpaired) electrons. The Morgan fingerprint density at radius 2 is 1.13 bits per heavy atom. The number of benzene rings is 8. The number of fused-ring (bicyclic) bond motifs is 10. The van der Waals surface area contributed by atoms with Crippen molar-refractivity contribution in [3.63, 3.8) is 0 Å². The highest BCUT2D eigenvalue weighted by atomic mass is 32.1. The van der Waals surface area contributed by atoms with Crippen molar-refractivity contribution in [1.29, 1.82) is 0 Å². The van der Waals surface area contributed by atoms with Gasteiger partial charge in [-0.2, -0.15) is 0 Å². The summed E-state index contributed by atoms with van der Waals surface area (Å²) in [6.45, 7) is 13.7. The molecule has 2 aromatic heterocycles. The third-order valence-electron chi connectivity index (χ3n) is 13.4. The van der Waals surface area contributed by atoms with Gasteiger partial charge in [0.05, 0.1) is 11.4 Å². The van der Waals surface area contributed by atoms with Crippen molar-refractivity contribution in [3.05, 3.63) is 187 Å². The molecule has 63 heavy (non-hydrogen) atoms. The zero-order valence-electron chi connectivity index (χ0n) is 36.5. The quantitative estimate of drug-likeness (QED) is 0.165. The number of thiophene rings is 1. The Hall–Kier alpha value is -6.82. The summed E-state index contributed by atoms with van der Waals surface area (Å²) in [5.74, 6) is 0. The molecule has 4 heterocycles. The molecular weight excluding hydrogens is 784 g/mol. The summed E-state index contributed by atoms with van der Waals surface area (Å²) in [6, 6.07) is 65.5. The standard InChI is InChI=1S/C58H47BN2OS/c1-57(2,3)39-25-28-41(29-26-39)61-47-31-32-50-53(42-21-13-15-23-49(42)62-50)52(47)45-33-38(36-17-9-7-10-18-36)34-48-54(45)59(61)56-55(43-22-14-16-24-51(43)63-56)60(48)46-30-27-40(58(4,5)6)35-44(46)37-19-11-8-12-20-37/h7-35H,1-6H3. The van der Waals surface area contributed by atoms with E-state index in [9.17, 15) is 0 Å². The molecule has 0 N–H and O–H groups in total. The second-order valence-electron chi connectivity index (χ2n) is 19.3. The van der Waals surface area contributed by atoms with E-state index >= 15 is 0 Å². The minimum atomic E-state index is -0.110. The maximum atomic E-state index is 6.70. The molecule has 0 saturated heterocycles. The zero-order chi connectivity index (χ0) is 42.8. The van der Waals surface area contributed by atoms with Gasteiger partial charge in [0.25, 0.3) is 0 Å². The second-order valence-corrected chi connectivity index (χ2v) is 20.4. The summed E-state index contributed by atoms with van der Waals surface area (Å²) in [6.07, 6.45) is 0. The Bertz CT molecular complexity index is 3420. The van der Waals surface area contributed by atoms with Crippen molar-refractivity contribution in [3.8, 4) is 33.4 Å². The van der Waals surface area contributed by atoms with E-state index in [2.05, 4.69) is 227 Å². The van der Waals surface area contributed by atoms with Gasteiger partial charge in [-0.05, 0) is 110 Å². The van der Waals surface area contributed by atoms with Crippen LogP contribution in [-0.2, 0) is 10.8 Å². The Morgan fingerprint density at radius 3 is 1.86 bits per heavy atom. The Morgan fingerprint density at radius 1 is 0.492 bits per heavy atom. The van der Waals surface area contributed by atoms with Crippen LogP contribution >= 0.6 is 11.3 Å². The van der Waals surface area contributed by atoms with Crippen LogP contribution in [0.3, 0.4) is 0 Å². The molecule has 0 atom stereocenters. The van der Waals surface area contributed by atoms with Gasteiger partial charge in [-0.1, -0.05) is 157 Å². The zero-order valence-corrected chi connectivity index (χ0v) is 37.3. The van der Waals surface area contributed by atoms with E-state index in [4.69, 9.17) is 4.42 Å². The minimum absolute atomic E-state index is 0.0246. The fourth-order valence-corrected chi connectivity index (χ4v) is 11.5. The Kier molecular flexibility index (Phi) is 8.33. The van der Waals surface area contributed by atoms with Gasteiger partial charge in [-0.15, -0.1) is 11.3 Å². The highest BCUT2D eigenvalue weighted by Crippen LogP contribution is 2.54. The predicted molar refractivity (Wildman–Crippen MR) is 271 cm³/mol. The summed E-state index contributed by atoms with van der Waals surface area (Å²) in [5.41, 5.74) is 18.9. The van der Waals surface area contributed by atoms with E-state index in [0.29, 0.717) is 0 Å². The molecule has 8 aromatic carbocycles. The van der Waals surface area contributed by atoms with E-state index in [1.807, 2.05) is 11.3 Å². The van der Waals surface area contributed by atoms with Crippen molar-refractivity contribution in [2.75, 3.05) is 9.71 Å². The highest BCUT2D eigenvalue weighted by molar-refractivity contribution is 7.32. The molecule has 304 valence electrons. The largest absolute Gasteiger partial charge is 0.456 e. The van der Waals surface area contributed by atoms with Crippen LogP contribution in [0.2, 0.25) is 0 Å². The second kappa shape index (κ2) is 13.8. The van der Waals surface area contributed by atoms with Gasteiger partial charge in [-0.3, -0.25) is 0 Å². The van der Waals surface area contributed by atoms with Crippen molar-refractivity contribution >= 4 is 88.9 Å². The van der Waals surface area contributed by atoms with Crippen LogP contribution < -0.4 is 20.0 Å². The molecule has 3 nitrogen and oxygen atoms in total. The van der Waals surface area contributed by atoms with Gasteiger partial charge in [0.1, 0.15) is 11.2 Å². The van der Waals surface area contributed by atoms with Crippen LogP contribution in [0.4, 0.5) is 28.4 Å². The lowest BCUT2D eigenvalue weighted by molar-refractivity contribution is 0.590. The van der Waals surface area contributed by atoms with Crippen LogP contribution in [0.5, 0.6) is 0 Å². The molecular formula is C58H47BN2OS. The summed E-state index contributed by atoms with van der Waals surface area (Å²) < 4.78 is 9.32. The maximum Gasteiger partial charge on any atom is 0.343 e. The molecule has 10 aromatic rings. The molecule has 0 aliphatic carbocycles. The van der Waals surface area contributed by atoms with Gasteiger partial charge >= 0.3 is 6.85 Å². The van der Waals surface area contributed by atoms with Crippen LogP contribution in [0.1, 0.15) is 52.7 Å². The molecule has 0 bridgehead atoms. The smallest absolute Gasteiger partial charge is 0.343 e.